The van der Waals surface area contributed by atoms with Gasteiger partial charge < -0.3 is 15.2 Å². The summed E-state index contributed by atoms with van der Waals surface area (Å²) in [6, 6.07) is 13.5. The maximum atomic E-state index is 13.0. The highest BCUT2D eigenvalue weighted by Crippen LogP contribution is 2.38. The van der Waals surface area contributed by atoms with Gasteiger partial charge in [0, 0.05) is 22.7 Å². The van der Waals surface area contributed by atoms with E-state index >= 15 is 0 Å². The van der Waals surface area contributed by atoms with Crippen LogP contribution < -0.4 is 10.1 Å². The zero-order chi connectivity index (χ0) is 21.3. The first-order valence-electron chi connectivity index (χ1n) is 9.39. The number of anilines is 1. The van der Waals surface area contributed by atoms with Crippen molar-refractivity contribution in [3.8, 4) is 11.5 Å². The Morgan fingerprint density at radius 2 is 1.93 bits per heavy atom. The second kappa shape index (κ2) is 7.74. The van der Waals surface area contributed by atoms with E-state index in [1.165, 1.54) is 18.2 Å². The fourth-order valence-corrected chi connectivity index (χ4v) is 3.52. The minimum atomic E-state index is -4.46. The number of fused-ring (bicyclic) bond motifs is 2. The molecule has 0 atom stereocenters. The average Bonchev–Trinajstić information content (AvgIpc) is 2.89. The molecule has 0 saturated heterocycles. The van der Waals surface area contributed by atoms with Crippen molar-refractivity contribution in [1.82, 2.24) is 0 Å². The third-order valence-electron chi connectivity index (χ3n) is 4.93. The summed E-state index contributed by atoms with van der Waals surface area (Å²) in [5.74, 6) is -0.137. The molecule has 7 heteroatoms. The lowest BCUT2D eigenvalue weighted by molar-refractivity contribution is -0.137. The number of alkyl halides is 3. The van der Waals surface area contributed by atoms with E-state index in [4.69, 9.17) is 4.74 Å². The van der Waals surface area contributed by atoms with Crippen molar-refractivity contribution in [2.24, 2.45) is 0 Å². The van der Waals surface area contributed by atoms with Crippen molar-refractivity contribution in [2.75, 3.05) is 11.9 Å². The summed E-state index contributed by atoms with van der Waals surface area (Å²) in [5, 5.41) is 14.0. The van der Waals surface area contributed by atoms with Crippen molar-refractivity contribution in [3.05, 3.63) is 71.8 Å². The molecule has 0 fully saturated rings. The quantitative estimate of drug-likeness (QED) is 0.525. The van der Waals surface area contributed by atoms with E-state index in [1.807, 2.05) is 6.07 Å². The van der Waals surface area contributed by atoms with Crippen molar-refractivity contribution in [2.45, 2.75) is 19.0 Å². The van der Waals surface area contributed by atoms with Crippen molar-refractivity contribution >= 4 is 27.9 Å². The fourth-order valence-electron chi connectivity index (χ4n) is 3.52. The summed E-state index contributed by atoms with van der Waals surface area (Å²) >= 11 is 0. The van der Waals surface area contributed by atoms with Crippen LogP contribution in [0.5, 0.6) is 11.5 Å². The number of hydrogen-bond acceptors (Lipinski definition) is 3. The second-order valence-electron chi connectivity index (χ2n) is 7.03. The van der Waals surface area contributed by atoms with Gasteiger partial charge in [0.1, 0.15) is 11.5 Å². The van der Waals surface area contributed by atoms with Gasteiger partial charge in [0.25, 0.3) is 0 Å². The van der Waals surface area contributed by atoms with Gasteiger partial charge in [0.15, 0.2) is 0 Å². The first-order chi connectivity index (χ1) is 14.3. The molecule has 1 heterocycles. The van der Waals surface area contributed by atoms with E-state index in [-0.39, 0.29) is 18.1 Å². The Morgan fingerprint density at radius 1 is 1.10 bits per heavy atom. The molecule has 1 aliphatic heterocycles. The van der Waals surface area contributed by atoms with Gasteiger partial charge in [-0.2, -0.15) is 13.2 Å². The Balaban J connectivity index is 1.65. The molecule has 1 aliphatic rings. The first-order valence-corrected chi connectivity index (χ1v) is 9.39. The highest BCUT2D eigenvalue weighted by molar-refractivity contribution is 6.09. The Kier molecular flexibility index (Phi) is 5.11. The van der Waals surface area contributed by atoms with Gasteiger partial charge in [-0.1, -0.05) is 18.2 Å². The van der Waals surface area contributed by atoms with Crippen molar-refractivity contribution in [1.29, 1.82) is 0 Å². The molecule has 0 spiro atoms. The summed E-state index contributed by atoms with van der Waals surface area (Å²) in [6.07, 6.45) is -1.97. The third kappa shape index (κ3) is 4.10. The van der Waals surface area contributed by atoms with Crippen LogP contribution in [0.1, 0.15) is 24.0 Å². The topological polar surface area (TPSA) is 58.6 Å². The molecule has 0 aromatic heterocycles. The largest absolute Gasteiger partial charge is 0.508 e. The minimum Gasteiger partial charge on any atom is -0.508 e. The number of benzene rings is 3. The van der Waals surface area contributed by atoms with Crippen LogP contribution in [0.15, 0.2) is 60.7 Å². The van der Waals surface area contributed by atoms with Gasteiger partial charge in [-0.05, 0) is 60.2 Å². The maximum absolute atomic E-state index is 13.0. The second-order valence-corrected chi connectivity index (χ2v) is 7.03. The lowest BCUT2D eigenvalue weighted by atomic mass is 9.99. The fraction of sp³-hybridized carbons (Fsp3) is 0.174. The monoisotopic (exact) mass is 413 g/mol. The minimum absolute atomic E-state index is 0.126. The lowest BCUT2D eigenvalue weighted by Crippen LogP contribution is -2.09. The van der Waals surface area contributed by atoms with E-state index < -0.39 is 17.6 Å². The van der Waals surface area contributed by atoms with Crippen LogP contribution >= 0.6 is 0 Å². The number of allylic oxidation sites excluding steroid dienone is 1. The van der Waals surface area contributed by atoms with Gasteiger partial charge in [-0.3, -0.25) is 4.79 Å². The number of phenols is 1. The van der Waals surface area contributed by atoms with Crippen LogP contribution in [-0.4, -0.2) is 17.6 Å². The molecule has 0 saturated carbocycles. The number of carbonyl (C=O) groups is 1. The number of amides is 1. The first kappa shape index (κ1) is 19.8. The molecule has 154 valence electrons. The molecular weight excluding hydrogens is 395 g/mol. The van der Waals surface area contributed by atoms with Gasteiger partial charge in [0.05, 0.1) is 12.2 Å². The molecule has 1 amide bonds. The highest BCUT2D eigenvalue weighted by atomic mass is 19.4. The molecule has 0 unspecified atom stereocenters. The normalized spacial score (nSPS) is 15.4. The number of rotatable bonds is 2. The molecular formula is C23H18F3NO3. The number of hydrogen-bond donors (Lipinski definition) is 2. The molecule has 4 nitrogen and oxygen atoms in total. The Hall–Kier alpha value is -3.48. The predicted molar refractivity (Wildman–Crippen MR) is 108 cm³/mol. The average molecular weight is 413 g/mol. The maximum Gasteiger partial charge on any atom is 0.416 e. The van der Waals surface area contributed by atoms with Gasteiger partial charge in [-0.15, -0.1) is 0 Å². The highest BCUT2D eigenvalue weighted by Gasteiger charge is 2.32. The number of carbonyl (C=O) groups excluding carboxylic acids is 1. The number of ether oxygens (including phenoxy) is 1. The van der Waals surface area contributed by atoms with Crippen LogP contribution in [0.3, 0.4) is 0 Å². The summed E-state index contributed by atoms with van der Waals surface area (Å²) in [6.45, 7) is 0.278. The van der Waals surface area contributed by atoms with Crippen LogP contribution in [0.25, 0.3) is 16.3 Å². The molecule has 0 aliphatic carbocycles. The molecule has 0 radical (unpaired) electrons. The number of aromatic hydroxyl groups is 1. The Morgan fingerprint density at radius 3 is 2.73 bits per heavy atom. The predicted octanol–water partition coefficient (Wildman–Crippen LogP) is 5.76. The summed E-state index contributed by atoms with van der Waals surface area (Å²) in [7, 11) is 0. The zero-order valence-electron chi connectivity index (χ0n) is 15.8. The molecule has 4 rings (SSSR count). The summed E-state index contributed by atoms with van der Waals surface area (Å²) in [5.41, 5.74) is 0.892. The van der Waals surface area contributed by atoms with Crippen LogP contribution in [0.4, 0.5) is 18.9 Å². The Bertz CT molecular complexity index is 1150. The molecule has 2 N–H and O–H groups in total. The standard InChI is InChI=1S/C23H18F3NO3/c24-23(25,26)16-6-8-19-15(4-2-10-30-21(19)13-16)12-22(29)27-20-5-1-3-14-11-17(28)7-9-18(14)20/h1,3,5-9,11-13,28H,2,4,10H2,(H,27,29)/b15-12+. The van der Waals surface area contributed by atoms with Crippen LogP contribution in [0.2, 0.25) is 0 Å². The van der Waals surface area contributed by atoms with E-state index in [2.05, 4.69) is 5.32 Å². The lowest BCUT2D eigenvalue weighted by Gasteiger charge is -2.13. The number of phenolic OH excluding ortho intramolecular Hbond substituents is 1. The van der Waals surface area contributed by atoms with Gasteiger partial charge >= 0.3 is 6.18 Å². The van der Waals surface area contributed by atoms with Crippen molar-refractivity contribution in [3.63, 3.8) is 0 Å². The number of nitrogens with one attached hydrogen (secondary N) is 1. The van der Waals surface area contributed by atoms with Crippen LogP contribution in [-0.2, 0) is 11.0 Å². The van der Waals surface area contributed by atoms with Gasteiger partial charge in [0.2, 0.25) is 5.91 Å². The molecule has 30 heavy (non-hydrogen) atoms. The van der Waals surface area contributed by atoms with E-state index in [0.717, 1.165) is 22.9 Å². The van der Waals surface area contributed by atoms with Crippen molar-refractivity contribution < 1.29 is 27.8 Å². The zero-order valence-corrected chi connectivity index (χ0v) is 15.8. The number of halogens is 3. The summed E-state index contributed by atoms with van der Waals surface area (Å²) in [4.78, 5) is 12.7. The third-order valence-corrected chi connectivity index (χ3v) is 4.93. The van der Waals surface area contributed by atoms with E-state index in [0.29, 0.717) is 29.7 Å². The molecule has 3 aromatic carbocycles. The Labute approximate surface area is 170 Å². The molecule has 3 aromatic rings. The smallest absolute Gasteiger partial charge is 0.416 e. The SMILES string of the molecule is O=C(/C=C1\CCCOc2cc(C(F)(F)F)ccc21)Nc1cccc2cc(O)ccc12. The molecule has 0 bridgehead atoms. The van der Waals surface area contributed by atoms with Gasteiger partial charge in [-0.25, -0.2) is 0 Å². The van der Waals surface area contributed by atoms with E-state index in [1.54, 1.807) is 24.3 Å². The van der Waals surface area contributed by atoms with Crippen LogP contribution in [0, 0.1) is 0 Å². The van der Waals surface area contributed by atoms with E-state index in [9.17, 15) is 23.1 Å². The summed E-state index contributed by atoms with van der Waals surface area (Å²) < 4.78 is 44.5.